The minimum Gasteiger partial charge on any atom is -0.496 e. The number of nitro groups is 1. The van der Waals surface area contributed by atoms with Gasteiger partial charge in [0.25, 0.3) is 0 Å². The van der Waals surface area contributed by atoms with E-state index in [0.717, 1.165) is 9.96 Å². The van der Waals surface area contributed by atoms with Crippen LogP contribution in [0, 0.1) is 10.1 Å². The van der Waals surface area contributed by atoms with Crippen LogP contribution in [0.5, 0.6) is 5.75 Å². The van der Waals surface area contributed by atoms with Gasteiger partial charge in [-0.05, 0) is 32.3 Å². The Balaban J connectivity index is 2.00. The van der Waals surface area contributed by atoms with Gasteiger partial charge in [0.2, 0.25) is 5.82 Å². The van der Waals surface area contributed by atoms with Crippen molar-refractivity contribution in [3.63, 3.8) is 0 Å². The summed E-state index contributed by atoms with van der Waals surface area (Å²) in [6, 6.07) is 12.4. The van der Waals surface area contributed by atoms with Gasteiger partial charge in [0.1, 0.15) is 11.4 Å². The molecule has 0 aliphatic carbocycles. The van der Waals surface area contributed by atoms with Crippen LogP contribution in [0.3, 0.4) is 0 Å². The third kappa shape index (κ3) is 3.65. The molecule has 0 radical (unpaired) electrons. The van der Waals surface area contributed by atoms with Crippen LogP contribution in [-0.2, 0) is 0 Å². The third-order valence-corrected chi connectivity index (χ3v) is 4.48. The van der Waals surface area contributed by atoms with Gasteiger partial charge < -0.3 is 15.0 Å². The van der Waals surface area contributed by atoms with Gasteiger partial charge >= 0.3 is 11.2 Å². The van der Waals surface area contributed by atoms with Gasteiger partial charge in [-0.3, -0.25) is 19.3 Å². The predicted octanol–water partition coefficient (Wildman–Crippen LogP) is 2.33. The molecular weight excluding hydrogens is 362 g/mol. The van der Waals surface area contributed by atoms with Gasteiger partial charge in [0, 0.05) is 18.3 Å². The summed E-state index contributed by atoms with van der Waals surface area (Å²) >= 11 is 0. The topological polar surface area (TPSA) is 102 Å². The van der Waals surface area contributed by atoms with Crippen LogP contribution in [0.15, 0.2) is 53.5 Å². The summed E-state index contributed by atoms with van der Waals surface area (Å²) in [5.41, 5.74) is -0.0556. The average Bonchev–Trinajstić information content (AvgIpc) is 2.68. The second kappa shape index (κ2) is 8.05. The predicted molar refractivity (Wildman–Crippen MR) is 106 cm³/mol. The first-order valence-corrected chi connectivity index (χ1v) is 8.63. The molecule has 2 heterocycles. The Kier molecular flexibility index (Phi) is 5.55. The highest BCUT2D eigenvalue weighted by atomic mass is 16.6. The molecule has 146 valence electrons. The number of pyridine rings is 1. The summed E-state index contributed by atoms with van der Waals surface area (Å²) in [6.07, 6.45) is 1.46. The molecule has 0 fully saturated rings. The molecule has 9 heteroatoms. The highest BCUT2D eigenvalue weighted by molar-refractivity contribution is 5.60. The molecule has 0 aliphatic rings. The maximum absolute atomic E-state index is 12.6. The Bertz CT molecular complexity index is 1060. The molecule has 1 atom stereocenters. The summed E-state index contributed by atoms with van der Waals surface area (Å²) in [4.78, 5) is 29.6. The van der Waals surface area contributed by atoms with Crippen LogP contribution >= 0.6 is 0 Å². The zero-order valence-corrected chi connectivity index (χ0v) is 15.8. The van der Waals surface area contributed by atoms with Crippen molar-refractivity contribution in [2.45, 2.75) is 6.04 Å². The summed E-state index contributed by atoms with van der Waals surface area (Å²) in [5, 5.41) is 14.5. The first-order chi connectivity index (χ1) is 13.4. The highest BCUT2D eigenvalue weighted by Gasteiger charge is 2.25. The number of methoxy groups -OCH3 is 1. The second-order valence-corrected chi connectivity index (χ2v) is 6.40. The summed E-state index contributed by atoms with van der Waals surface area (Å²) in [6.45, 7) is 0.295. The number of hydrogen-bond acceptors (Lipinski definition) is 7. The van der Waals surface area contributed by atoms with Gasteiger partial charge in [0.15, 0.2) is 0 Å². The number of para-hydroxylation sites is 1. The van der Waals surface area contributed by atoms with E-state index in [1.165, 1.54) is 6.20 Å². The van der Waals surface area contributed by atoms with E-state index in [0.29, 0.717) is 17.9 Å². The van der Waals surface area contributed by atoms with Crippen LogP contribution in [0.25, 0.3) is 5.65 Å². The standard InChI is InChI=1S/C19H21N5O4/c1-22(2)14(13-8-4-5-9-15(13)28-3)12-20-18-17(24(26)27)19(25)23-11-7-6-10-16(23)21-18/h4-11,14,20H,12H2,1-3H3. The second-order valence-electron chi connectivity index (χ2n) is 6.40. The number of anilines is 1. The largest absolute Gasteiger partial charge is 0.496 e. The van der Waals surface area contributed by atoms with E-state index in [2.05, 4.69) is 10.3 Å². The Morgan fingerprint density at radius 1 is 1.25 bits per heavy atom. The average molecular weight is 383 g/mol. The van der Waals surface area contributed by atoms with Crippen LogP contribution in [0.2, 0.25) is 0 Å². The van der Waals surface area contributed by atoms with Crippen LogP contribution in [0.4, 0.5) is 11.5 Å². The maximum atomic E-state index is 12.6. The zero-order chi connectivity index (χ0) is 20.3. The molecule has 2 aromatic heterocycles. The Morgan fingerprint density at radius 2 is 1.96 bits per heavy atom. The smallest absolute Gasteiger partial charge is 0.376 e. The number of fused-ring (bicyclic) bond motifs is 1. The number of aromatic nitrogens is 2. The number of rotatable bonds is 7. The number of nitrogens with one attached hydrogen (secondary N) is 1. The van der Waals surface area contributed by atoms with Crippen molar-refractivity contribution in [3.05, 3.63) is 74.7 Å². The lowest BCUT2D eigenvalue weighted by Crippen LogP contribution is -2.29. The fraction of sp³-hybridized carbons (Fsp3) is 0.263. The molecule has 0 bridgehead atoms. The van der Waals surface area contributed by atoms with Crippen molar-refractivity contribution in [2.24, 2.45) is 0 Å². The van der Waals surface area contributed by atoms with Crippen molar-refractivity contribution in [3.8, 4) is 5.75 Å². The molecule has 1 N–H and O–H groups in total. The van der Waals surface area contributed by atoms with Crippen molar-refractivity contribution in [2.75, 3.05) is 33.1 Å². The molecule has 0 saturated heterocycles. The van der Waals surface area contributed by atoms with E-state index in [1.54, 1.807) is 25.3 Å². The maximum Gasteiger partial charge on any atom is 0.376 e. The van der Waals surface area contributed by atoms with Crippen LogP contribution < -0.4 is 15.6 Å². The molecule has 3 aromatic rings. The van der Waals surface area contributed by atoms with E-state index < -0.39 is 16.2 Å². The minimum absolute atomic E-state index is 0.0528. The quantitative estimate of drug-likeness (QED) is 0.493. The normalized spacial score (nSPS) is 12.1. The number of hydrogen-bond donors (Lipinski definition) is 1. The van der Waals surface area contributed by atoms with E-state index in [4.69, 9.17) is 4.74 Å². The van der Waals surface area contributed by atoms with E-state index >= 15 is 0 Å². The first kappa shape index (κ1) is 19.3. The summed E-state index contributed by atoms with van der Waals surface area (Å²) in [7, 11) is 5.39. The fourth-order valence-corrected chi connectivity index (χ4v) is 3.07. The molecule has 0 spiro atoms. The lowest BCUT2D eigenvalue weighted by Gasteiger charge is -2.26. The first-order valence-electron chi connectivity index (χ1n) is 8.63. The molecule has 28 heavy (non-hydrogen) atoms. The zero-order valence-electron chi connectivity index (χ0n) is 15.8. The van der Waals surface area contributed by atoms with Gasteiger partial charge in [-0.1, -0.05) is 24.3 Å². The molecule has 0 amide bonds. The number of ether oxygens (including phenoxy) is 1. The highest BCUT2D eigenvalue weighted by Crippen LogP contribution is 2.29. The van der Waals surface area contributed by atoms with Gasteiger partial charge in [-0.15, -0.1) is 0 Å². The van der Waals surface area contributed by atoms with Crippen LogP contribution in [0.1, 0.15) is 11.6 Å². The fourth-order valence-electron chi connectivity index (χ4n) is 3.07. The van der Waals surface area contributed by atoms with Crippen LogP contribution in [-0.4, -0.2) is 47.0 Å². The van der Waals surface area contributed by atoms with E-state index in [9.17, 15) is 14.9 Å². The summed E-state index contributed by atoms with van der Waals surface area (Å²) in [5.74, 6) is 0.659. The summed E-state index contributed by atoms with van der Waals surface area (Å²) < 4.78 is 6.60. The van der Waals surface area contributed by atoms with Gasteiger partial charge in [-0.2, -0.15) is 0 Å². The molecule has 1 aromatic carbocycles. The van der Waals surface area contributed by atoms with Crippen molar-refractivity contribution in [1.29, 1.82) is 0 Å². The van der Waals surface area contributed by atoms with Gasteiger partial charge in [0.05, 0.1) is 18.1 Å². The molecule has 9 nitrogen and oxygen atoms in total. The Labute approximate surface area is 161 Å². The molecular formula is C19H21N5O4. The van der Waals surface area contributed by atoms with Crippen molar-refractivity contribution >= 4 is 17.2 Å². The number of nitrogens with zero attached hydrogens (tertiary/aromatic N) is 4. The molecule has 0 saturated carbocycles. The number of likely N-dealkylation sites (N-methyl/N-ethyl adjacent to an activating group) is 1. The minimum atomic E-state index is -0.725. The van der Waals surface area contributed by atoms with Crippen molar-refractivity contribution < 1.29 is 9.66 Å². The molecule has 1 unspecified atom stereocenters. The Hall–Kier alpha value is -3.46. The molecule has 0 aliphatic heterocycles. The van der Waals surface area contributed by atoms with Crippen molar-refractivity contribution in [1.82, 2.24) is 14.3 Å². The number of benzene rings is 1. The molecule has 3 rings (SSSR count). The SMILES string of the molecule is COc1ccccc1C(CNc1nc2ccccn2c(=O)c1[N+](=O)[O-])N(C)C. The van der Waals surface area contributed by atoms with E-state index in [-0.39, 0.29) is 11.9 Å². The van der Waals surface area contributed by atoms with Gasteiger partial charge in [-0.25, -0.2) is 4.98 Å². The Morgan fingerprint density at radius 3 is 2.64 bits per heavy atom. The third-order valence-electron chi connectivity index (χ3n) is 4.48. The lowest BCUT2D eigenvalue weighted by molar-refractivity contribution is -0.385. The lowest BCUT2D eigenvalue weighted by atomic mass is 10.0. The monoisotopic (exact) mass is 383 g/mol. The van der Waals surface area contributed by atoms with E-state index in [1.807, 2.05) is 43.3 Å².